The fourth-order valence-electron chi connectivity index (χ4n) is 4.50. The van der Waals surface area contributed by atoms with Gasteiger partial charge in [0, 0.05) is 11.3 Å². The predicted molar refractivity (Wildman–Crippen MR) is 137 cm³/mol. The van der Waals surface area contributed by atoms with Crippen LogP contribution in [0.1, 0.15) is 31.0 Å². The first-order valence-electron chi connectivity index (χ1n) is 12.0. The van der Waals surface area contributed by atoms with Crippen LogP contribution in [0.2, 0.25) is 0 Å². The lowest BCUT2D eigenvalue weighted by atomic mass is 9.95. The summed E-state index contributed by atoms with van der Waals surface area (Å²) >= 11 is 0. The third-order valence-corrected chi connectivity index (χ3v) is 6.18. The largest absolute Gasteiger partial charge is 0.507 e. The molecule has 1 fully saturated rings. The highest BCUT2D eigenvalue weighted by molar-refractivity contribution is 6.51. The Labute approximate surface area is 214 Å². The molecule has 3 aromatic carbocycles. The molecule has 2 heterocycles. The summed E-state index contributed by atoms with van der Waals surface area (Å²) < 4.78 is 22.2. The van der Waals surface area contributed by atoms with E-state index in [1.807, 2.05) is 13.8 Å². The molecule has 1 N–H and O–H groups in total. The summed E-state index contributed by atoms with van der Waals surface area (Å²) in [5.74, 6) is 0.479. The Kier molecular flexibility index (Phi) is 6.48. The van der Waals surface area contributed by atoms with E-state index in [2.05, 4.69) is 0 Å². The maximum Gasteiger partial charge on any atom is 0.300 e. The first-order chi connectivity index (χ1) is 17.9. The fourth-order valence-corrected chi connectivity index (χ4v) is 4.50. The van der Waals surface area contributed by atoms with Gasteiger partial charge in [0.05, 0.1) is 24.8 Å². The van der Waals surface area contributed by atoms with E-state index in [1.54, 1.807) is 73.8 Å². The van der Waals surface area contributed by atoms with Crippen LogP contribution in [0.5, 0.6) is 23.0 Å². The molecule has 190 valence electrons. The van der Waals surface area contributed by atoms with E-state index in [1.165, 1.54) is 4.90 Å². The summed E-state index contributed by atoms with van der Waals surface area (Å²) in [7, 11) is 1.56. The van der Waals surface area contributed by atoms with Gasteiger partial charge in [0.25, 0.3) is 11.7 Å². The zero-order valence-corrected chi connectivity index (χ0v) is 20.8. The average molecular weight is 502 g/mol. The minimum atomic E-state index is -0.865. The number of hydrogen-bond acceptors (Lipinski definition) is 7. The van der Waals surface area contributed by atoms with Gasteiger partial charge in [-0.25, -0.2) is 0 Å². The zero-order chi connectivity index (χ0) is 26.1. The molecule has 0 saturated carbocycles. The van der Waals surface area contributed by atoms with Crippen molar-refractivity contribution in [3.8, 4) is 23.0 Å². The lowest BCUT2D eigenvalue weighted by Crippen LogP contribution is -2.29. The number of methoxy groups -OCH3 is 1. The quantitative estimate of drug-likeness (QED) is 0.292. The smallest absolute Gasteiger partial charge is 0.300 e. The molecule has 0 aromatic heterocycles. The van der Waals surface area contributed by atoms with E-state index >= 15 is 0 Å². The normalized spacial score (nSPS) is 18.3. The standard InChI is InChI=1S/C29H27NO7/c1-17(2)37-22-11-7-20(8-12-22)30-26(18-4-9-21(34-3)10-5-18)25(28(32)29(30)33)27(31)19-6-13-23-24(16-19)36-15-14-35-23/h4-13,16-17,26,31H,14-15H2,1-3H3/b27-25-. The van der Waals surface area contributed by atoms with E-state index in [0.29, 0.717) is 53.0 Å². The predicted octanol–water partition coefficient (Wildman–Crippen LogP) is 4.88. The molecule has 8 nitrogen and oxygen atoms in total. The lowest BCUT2D eigenvalue weighted by Gasteiger charge is -2.26. The van der Waals surface area contributed by atoms with Crippen molar-refractivity contribution >= 4 is 23.1 Å². The van der Waals surface area contributed by atoms with Crippen LogP contribution < -0.4 is 23.8 Å². The maximum atomic E-state index is 13.4. The third kappa shape index (κ3) is 4.58. The van der Waals surface area contributed by atoms with Crippen LogP contribution >= 0.6 is 0 Å². The second-order valence-corrected chi connectivity index (χ2v) is 8.96. The number of ether oxygens (including phenoxy) is 4. The third-order valence-electron chi connectivity index (χ3n) is 6.18. The Balaban J connectivity index is 1.63. The Hall–Kier alpha value is -4.46. The fraction of sp³-hybridized carbons (Fsp3) is 0.241. The van der Waals surface area contributed by atoms with Crippen molar-refractivity contribution in [2.45, 2.75) is 26.0 Å². The Morgan fingerprint density at radius 1 is 0.919 bits per heavy atom. The summed E-state index contributed by atoms with van der Waals surface area (Å²) in [6, 6.07) is 18.1. The van der Waals surface area contributed by atoms with E-state index in [9.17, 15) is 14.7 Å². The van der Waals surface area contributed by atoms with E-state index in [0.717, 1.165) is 0 Å². The number of rotatable bonds is 6. The number of nitrogens with zero attached hydrogens (tertiary/aromatic N) is 1. The minimum Gasteiger partial charge on any atom is -0.507 e. The van der Waals surface area contributed by atoms with Crippen molar-refractivity contribution < 1.29 is 33.6 Å². The summed E-state index contributed by atoms with van der Waals surface area (Å²) in [6.45, 7) is 4.66. The maximum absolute atomic E-state index is 13.4. The van der Waals surface area contributed by atoms with Crippen LogP contribution in [0.3, 0.4) is 0 Å². The summed E-state index contributed by atoms with van der Waals surface area (Å²) in [5.41, 5.74) is 1.47. The molecule has 0 bridgehead atoms. The van der Waals surface area contributed by atoms with Crippen LogP contribution in [0.25, 0.3) is 5.76 Å². The van der Waals surface area contributed by atoms with Crippen LogP contribution in [-0.4, -0.2) is 43.2 Å². The van der Waals surface area contributed by atoms with Crippen molar-refractivity contribution in [1.82, 2.24) is 0 Å². The number of aliphatic hydroxyl groups excluding tert-OH is 1. The van der Waals surface area contributed by atoms with Gasteiger partial charge >= 0.3 is 0 Å². The van der Waals surface area contributed by atoms with Gasteiger partial charge in [0.15, 0.2) is 11.5 Å². The first-order valence-corrected chi connectivity index (χ1v) is 12.0. The van der Waals surface area contributed by atoms with Crippen molar-refractivity contribution in [2.24, 2.45) is 0 Å². The molecule has 0 aliphatic carbocycles. The Bertz CT molecular complexity index is 1360. The first kappa shape index (κ1) is 24.2. The molecular weight excluding hydrogens is 474 g/mol. The number of ketones is 1. The molecule has 2 aliphatic heterocycles. The van der Waals surface area contributed by atoms with E-state index in [-0.39, 0.29) is 17.4 Å². The molecule has 37 heavy (non-hydrogen) atoms. The number of anilines is 1. The molecule has 1 unspecified atom stereocenters. The van der Waals surface area contributed by atoms with Crippen molar-refractivity contribution in [3.05, 3.63) is 83.4 Å². The highest BCUT2D eigenvalue weighted by atomic mass is 16.6. The number of carbonyl (C=O) groups is 2. The molecular formula is C29H27NO7. The average Bonchev–Trinajstić information content (AvgIpc) is 3.18. The number of fused-ring (bicyclic) bond motifs is 1. The number of aliphatic hydroxyl groups is 1. The summed E-state index contributed by atoms with van der Waals surface area (Å²) in [5, 5.41) is 11.4. The minimum absolute atomic E-state index is 0.00891. The molecule has 3 aromatic rings. The van der Waals surface area contributed by atoms with Gasteiger partial charge in [0.2, 0.25) is 0 Å². The Morgan fingerprint density at radius 3 is 2.22 bits per heavy atom. The molecule has 0 radical (unpaired) electrons. The number of benzene rings is 3. The molecule has 2 aliphatic rings. The summed E-state index contributed by atoms with van der Waals surface area (Å²) in [6.07, 6.45) is -0.00891. The number of amides is 1. The van der Waals surface area contributed by atoms with Crippen LogP contribution in [0.4, 0.5) is 5.69 Å². The Morgan fingerprint density at radius 2 is 1.57 bits per heavy atom. The van der Waals surface area contributed by atoms with Gasteiger partial charge in [-0.05, 0) is 74.0 Å². The highest BCUT2D eigenvalue weighted by Crippen LogP contribution is 2.43. The van der Waals surface area contributed by atoms with Crippen LogP contribution in [0, 0.1) is 0 Å². The van der Waals surface area contributed by atoms with E-state index < -0.39 is 17.7 Å². The van der Waals surface area contributed by atoms with Gasteiger partial charge in [-0.2, -0.15) is 0 Å². The zero-order valence-electron chi connectivity index (χ0n) is 20.8. The van der Waals surface area contributed by atoms with Gasteiger partial charge in [-0.15, -0.1) is 0 Å². The van der Waals surface area contributed by atoms with E-state index in [4.69, 9.17) is 18.9 Å². The summed E-state index contributed by atoms with van der Waals surface area (Å²) in [4.78, 5) is 28.2. The molecule has 1 amide bonds. The monoisotopic (exact) mass is 501 g/mol. The second-order valence-electron chi connectivity index (χ2n) is 8.96. The molecule has 0 spiro atoms. The van der Waals surface area contributed by atoms with Gasteiger partial charge < -0.3 is 24.1 Å². The lowest BCUT2D eigenvalue weighted by molar-refractivity contribution is -0.132. The SMILES string of the molecule is COc1ccc(C2/C(=C(/O)c3ccc4c(c3)OCCO4)C(=O)C(=O)N2c2ccc(OC(C)C)cc2)cc1. The number of Topliss-reactive ketones (excluding diaryl/α,β-unsaturated/α-hetero) is 1. The second kappa shape index (κ2) is 9.89. The molecule has 8 heteroatoms. The van der Waals surface area contributed by atoms with Crippen molar-refractivity contribution in [2.75, 3.05) is 25.2 Å². The number of carbonyl (C=O) groups excluding carboxylic acids is 2. The van der Waals surface area contributed by atoms with Crippen LogP contribution in [0.15, 0.2) is 72.3 Å². The topological polar surface area (TPSA) is 94.5 Å². The highest BCUT2D eigenvalue weighted by Gasteiger charge is 2.47. The van der Waals surface area contributed by atoms with Gasteiger partial charge in [0.1, 0.15) is 30.5 Å². The molecule has 5 rings (SSSR count). The van der Waals surface area contributed by atoms with Gasteiger partial charge in [-0.1, -0.05) is 12.1 Å². The van der Waals surface area contributed by atoms with Crippen LogP contribution in [-0.2, 0) is 9.59 Å². The van der Waals surface area contributed by atoms with Crippen molar-refractivity contribution in [1.29, 1.82) is 0 Å². The molecule has 1 atom stereocenters. The molecule has 1 saturated heterocycles. The van der Waals surface area contributed by atoms with Gasteiger partial charge in [-0.3, -0.25) is 14.5 Å². The number of hydrogen-bond donors (Lipinski definition) is 1. The van der Waals surface area contributed by atoms with Crippen molar-refractivity contribution in [3.63, 3.8) is 0 Å².